The molecule has 2 aromatic heterocycles. The van der Waals surface area contributed by atoms with Crippen LogP contribution in [0.25, 0.3) is 5.65 Å². The Morgan fingerprint density at radius 1 is 1.39 bits per heavy atom. The molecular weight excluding hydrogens is 226 g/mol. The quantitative estimate of drug-likeness (QED) is 0.845. The van der Waals surface area contributed by atoms with Crippen molar-refractivity contribution in [1.29, 1.82) is 0 Å². The smallest absolute Gasteiger partial charge is 0.243 e. The molecule has 1 unspecified atom stereocenters. The van der Waals surface area contributed by atoms with E-state index in [4.69, 9.17) is 5.73 Å². The molecule has 2 aromatic rings. The minimum Gasteiger partial charge on any atom is -0.349 e. The van der Waals surface area contributed by atoms with Gasteiger partial charge < -0.3 is 11.1 Å². The van der Waals surface area contributed by atoms with Crippen molar-refractivity contribution in [3.63, 3.8) is 0 Å². The summed E-state index contributed by atoms with van der Waals surface area (Å²) in [6.45, 7) is 6.98. The highest BCUT2D eigenvalue weighted by Crippen LogP contribution is 2.11. The first-order chi connectivity index (χ1) is 8.60. The van der Waals surface area contributed by atoms with Crippen molar-refractivity contribution in [1.82, 2.24) is 14.6 Å². The van der Waals surface area contributed by atoms with E-state index in [0.717, 1.165) is 17.8 Å². The van der Waals surface area contributed by atoms with Crippen LogP contribution < -0.4 is 11.1 Å². The Kier molecular flexibility index (Phi) is 3.81. The van der Waals surface area contributed by atoms with Gasteiger partial charge in [-0.3, -0.25) is 0 Å². The third-order valence-corrected chi connectivity index (χ3v) is 2.92. The highest BCUT2D eigenvalue weighted by molar-refractivity contribution is 5.44. The second-order valence-electron chi connectivity index (χ2n) is 5.08. The molecule has 0 bridgehead atoms. The Hall–Kier alpha value is -1.62. The van der Waals surface area contributed by atoms with Crippen LogP contribution in [0.1, 0.15) is 26.0 Å². The van der Waals surface area contributed by atoms with Gasteiger partial charge in [-0.2, -0.15) is 4.98 Å². The summed E-state index contributed by atoms with van der Waals surface area (Å²) in [6, 6.07) is 6.17. The van der Waals surface area contributed by atoms with Crippen molar-refractivity contribution in [2.75, 3.05) is 11.9 Å². The number of hydrogen-bond acceptors (Lipinski definition) is 4. The van der Waals surface area contributed by atoms with E-state index in [2.05, 4.69) is 29.2 Å². The fraction of sp³-hybridized carbons (Fsp3) is 0.538. The predicted octanol–water partition coefficient (Wildman–Crippen LogP) is 1.82. The zero-order valence-electron chi connectivity index (χ0n) is 11.2. The third kappa shape index (κ3) is 2.79. The first kappa shape index (κ1) is 12.8. The van der Waals surface area contributed by atoms with Gasteiger partial charge in [-0.15, -0.1) is 5.10 Å². The molecule has 2 heterocycles. The summed E-state index contributed by atoms with van der Waals surface area (Å²) in [4.78, 5) is 4.45. The van der Waals surface area contributed by atoms with Crippen LogP contribution in [0.5, 0.6) is 0 Å². The number of fused-ring (bicyclic) bond motifs is 1. The van der Waals surface area contributed by atoms with E-state index in [-0.39, 0.29) is 6.04 Å². The molecule has 0 saturated carbocycles. The Morgan fingerprint density at radius 3 is 2.78 bits per heavy atom. The lowest BCUT2D eigenvalue weighted by atomic mass is 10.0. The molecule has 0 aliphatic heterocycles. The average Bonchev–Trinajstić information content (AvgIpc) is 2.71. The normalized spacial score (nSPS) is 13.2. The lowest BCUT2D eigenvalue weighted by molar-refractivity contribution is 0.520. The van der Waals surface area contributed by atoms with Gasteiger partial charge in [0.15, 0.2) is 5.65 Å². The van der Waals surface area contributed by atoms with E-state index in [0.29, 0.717) is 18.4 Å². The van der Waals surface area contributed by atoms with E-state index in [1.54, 1.807) is 0 Å². The number of nitrogens with one attached hydrogen (secondary N) is 1. The van der Waals surface area contributed by atoms with Crippen molar-refractivity contribution in [3.05, 3.63) is 23.9 Å². The lowest BCUT2D eigenvalue weighted by Gasteiger charge is -2.17. The maximum Gasteiger partial charge on any atom is 0.243 e. The molecule has 0 spiro atoms. The maximum atomic E-state index is 5.77. The molecule has 0 saturated heterocycles. The van der Waals surface area contributed by atoms with Crippen LogP contribution in [0, 0.1) is 12.8 Å². The highest BCUT2D eigenvalue weighted by atomic mass is 15.4. The first-order valence-corrected chi connectivity index (χ1v) is 6.39. The molecular formula is C13H21N5. The first-order valence-electron chi connectivity index (χ1n) is 6.39. The standard InChI is InChI=1S/C13H21N5/c1-9(2)7-11(8-14)15-13-16-12-6-4-5-10(3)18(12)17-13/h4-6,9,11H,7-8,14H2,1-3H3,(H,15,17). The molecule has 5 heteroatoms. The van der Waals surface area contributed by atoms with Gasteiger partial charge in [0.05, 0.1) is 0 Å². The third-order valence-electron chi connectivity index (χ3n) is 2.92. The van der Waals surface area contributed by atoms with Crippen LogP contribution in [0.4, 0.5) is 5.95 Å². The molecule has 0 aliphatic carbocycles. The zero-order chi connectivity index (χ0) is 13.1. The van der Waals surface area contributed by atoms with Crippen molar-refractivity contribution >= 4 is 11.6 Å². The summed E-state index contributed by atoms with van der Waals surface area (Å²) < 4.78 is 1.84. The van der Waals surface area contributed by atoms with Crippen molar-refractivity contribution in [2.45, 2.75) is 33.2 Å². The molecule has 2 rings (SSSR count). The molecule has 0 aliphatic rings. The van der Waals surface area contributed by atoms with E-state index in [9.17, 15) is 0 Å². The second kappa shape index (κ2) is 5.35. The molecule has 98 valence electrons. The van der Waals surface area contributed by atoms with Gasteiger partial charge in [-0.05, 0) is 31.4 Å². The minimum atomic E-state index is 0.225. The molecule has 0 amide bonds. The number of nitrogens with zero attached hydrogens (tertiary/aromatic N) is 3. The monoisotopic (exact) mass is 247 g/mol. The fourth-order valence-corrected chi connectivity index (χ4v) is 2.06. The van der Waals surface area contributed by atoms with E-state index < -0.39 is 0 Å². The van der Waals surface area contributed by atoms with Gasteiger partial charge in [0, 0.05) is 18.3 Å². The largest absolute Gasteiger partial charge is 0.349 e. The highest BCUT2D eigenvalue weighted by Gasteiger charge is 2.12. The summed E-state index contributed by atoms with van der Waals surface area (Å²) in [5, 5.41) is 7.75. The van der Waals surface area contributed by atoms with Gasteiger partial charge in [-0.25, -0.2) is 4.52 Å². The van der Waals surface area contributed by atoms with E-state index in [1.165, 1.54) is 0 Å². The Morgan fingerprint density at radius 2 is 2.17 bits per heavy atom. The van der Waals surface area contributed by atoms with Gasteiger partial charge in [0.1, 0.15) is 0 Å². The Bertz CT molecular complexity index is 517. The van der Waals surface area contributed by atoms with E-state index in [1.807, 2.05) is 29.6 Å². The summed E-state index contributed by atoms with van der Waals surface area (Å²) >= 11 is 0. The second-order valence-corrected chi connectivity index (χ2v) is 5.08. The summed E-state index contributed by atoms with van der Waals surface area (Å²) in [6.07, 6.45) is 1.02. The molecule has 0 radical (unpaired) electrons. The van der Waals surface area contributed by atoms with Crippen molar-refractivity contribution in [2.24, 2.45) is 11.7 Å². The number of nitrogens with two attached hydrogens (primary N) is 1. The molecule has 3 N–H and O–H groups in total. The lowest BCUT2D eigenvalue weighted by Crippen LogP contribution is -2.30. The molecule has 18 heavy (non-hydrogen) atoms. The number of aromatic nitrogens is 3. The van der Waals surface area contributed by atoms with Gasteiger partial charge in [-0.1, -0.05) is 19.9 Å². The summed E-state index contributed by atoms with van der Waals surface area (Å²) in [5.41, 5.74) is 7.70. The van der Waals surface area contributed by atoms with Crippen LogP contribution in [0.3, 0.4) is 0 Å². The van der Waals surface area contributed by atoms with Gasteiger partial charge in [0.2, 0.25) is 5.95 Å². The van der Waals surface area contributed by atoms with Gasteiger partial charge in [0.25, 0.3) is 0 Å². The summed E-state index contributed by atoms with van der Waals surface area (Å²) in [5.74, 6) is 1.25. The molecule has 5 nitrogen and oxygen atoms in total. The molecule has 0 aromatic carbocycles. The molecule has 1 atom stereocenters. The van der Waals surface area contributed by atoms with Crippen LogP contribution >= 0.6 is 0 Å². The van der Waals surface area contributed by atoms with Crippen LogP contribution in [0.2, 0.25) is 0 Å². The van der Waals surface area contributed by atoms with Crippen LogP contribution in [-0.2, 0) is 0 Å². The van der Waals surface area contributed by atoms with Gasteiger partial charge >= 0.3 is 0 Å². The summed E-state index contributed by atoms with van der Waals surface area (Å²) in [7, 11) is 0. The predicted molar refractivity (Wildman–Crippen MR) is 73.6 cm³/mol. The topological polar surface area (TPSA) is 68.2 Å². The number of hydrogen-bond donors (Lipinski definition) is 2. The van der Waals surface area contributed by atoms with Crippen molar-refractivity contribution < 1.29 is 0 Å². The zero-order valence-corrected chi connectivity index (χ0v) is 11.2. The SMILES string of the molecule is Cc1cccc2nc(NC(CN)CC(C)C)nn12. The minimum absolute atomic E-state index is 0.225. The maximum absolute atomic E-state index is 5.77. The van der Waals surface area contributed by atoms with Crippen LogP contribution in [-0.4, -0.2) is 27.2 Å². The number of rotatable bonds is 5. The average molecular weight is 247 g/mol. The number of anilines is 1. The Balaban J connectivity index is 2.18. The molecule has 0 fully saturated rings. The van der Waals surface area contributed by atoms with Crippen molar-refractivity contribution in [3.8, 4) is 0 Å². The van der Waals surface area contributed by atoms with Crippen LogP contribution in [0.15, 0.2) is 18.2 Å². The Labute approximate surface area is 107 Å². The number of aryl methyl sites for hydroxylation is 1. The number of pyridine rings is 1. The fourth-order valence-electron chi connectivity index (χ4n) is 2.06. The van der Waals surface area contributed by atoms with E-state index >= 15 is 0 Å².